The number of hydrogen-bond donors (Lipinski definition) is 1. The highest BCUT2D eigenvalue weighted by molar-refractivity contribution is 14.1. The Kier molecular flexibility index (Phi) is 5.65. The summed E-state index contributed by atoms with van der Waals surface area (Å²) in [5, 5.41) is 4.79. The van der Waals surface area contributed by atoms with Crippen molar-refractivity contribution in [2.24, 2.45) is 0 Å². The largest absolute Gasteiger partial charge is 0.455 e. The highest BCUT2D eigenvalue weighted by atomic mass is 127. The number of esters is 1. The average molecular weight is 445 g/mol. The molecule has 0 spiro atoms. The molecular weight excluding hydrogens is 429 g/mol. The molecule has 0 bridgehead atoms. The number of fused-ring (bicyclic) bond motifs is 1. The third-order valence-electron chi connectivity index (χ3n) is 3.71. The van der Waals surface area contributed by atoms with E-state index in [0.717, 1.165) is 19.9 Å². The molecule has 0 aliphatic carbocycles. The summed E-state index contributed by atoms with van der Waals surface area (Å²) >= 11 is 2.19. The Labute approximate surface area is 159 Å². The number of nitrogens with one attached hydrogen (secondary N) is 1. The SMILES string of the molecule is O=C(COC(=O)Cc1cccc2ccccc12)Nc1ccc(I)cc1. The van der Waals surface area contributed by atoms with E-state index in [0.29, 0.717) is 5.69 Å². The van der Waals surface area contributed by atoms with E-state index in [1.54, 1.807) is 12.1 Å². The fourth-order valence-electron chi connectivity index (χ4n) is 2.53. The summed E-state index contributed by atoms with van der Waals surface area (Å²) in [5.74, 6) is -0.776. The standard InChI is InChI=1S/C20H16INO3/c21-16-8-10-17(11-9-16)22-19(23)13-25-20(24)12-15-6-3-5-14-4-1-2-7-18(14)15/h1-11H,12-13H2,(H,22,23). The Morgan fingerprint density at radius 3 is 2.44 bits per heavy atom. The van der Waals surface area contributed by atoms with Gasteiger partial charge in [-0.25, -0.2) is 0 Å². The third-order valence-corrected chi connectivity index (χ3v) is 4.43. The van der Waals surface area contributed by atoms with Crippen molar-refractivity contribution in [1.29, 1.82) is 0 Å². The Bertz CT molecular complexity index is 901. The lowest BCUT2D eigenvalue weighted by molar-refractivity contribution is -0.146. The van der Waals surface area contributed by atoms with Gasteiger partial charge in [0.05, 0.1) is 6.42 Å². The van der Waals surface area contributed by atoms with Gasteiger partial charge in [0, 0.05) is 9.26 Å². The number of benzene rings is 3. The minimum absolute atomic E-state index is 0.137. The van der Waals surface area contributed by atoms with E-state index in [-0.39, 0.29) is 18.9 Å². The summed E-state index contributed by atoms with van der Waals surface area (Å²) < 4.78 is 6.18. The summed E-state index contributed by atoms with van der Waals surface area (Å²) in [7, 11) is 0. The second kappa shape index (κ2) is 8.11. The van der Waals surface area contributed by atoms with Crippen molar-refractivity contribution in [3.8, 4) is 0 Å². The van der Waals surface area contributed by atoms with Gasteiger partial charge in [-0.2, -0.15) is 0 Å². The van der Waals surface area contributed by atoms with Gasteiger partial charge in [-0.05, 0) is 63.2 Å². The minimum atomic E-state index is -0.422. The molecule has 0 heterocycles. The lowest BCUT2D eigenvalue weighted by Gasteiger charge is -2.08. The van der Waals surface area contributed by atoms with E-state index < -0.39 is 5.97 Å². The van der Waals surface area contributed by atoms with Crippen molar-refractivity contribution in [3.63, 3.8) is 0 Å². The van der Waals surface area contributed by atoms with Crippen molar-refractivity contribution >= 4 is 50.9 Å². The average Bonchev–Trinajstić information content (AvgIpc) is 2.62. The number of anilines is 1. The van der Waals surface area contributed by atoms with Gasteiger partial charge in [0.25, 0.3) is 5.91 Å². The molecule has 3 aromatic carbocycles. The van der Waals surface area contributed by atoms with Gasteiger partial charge in [0.15, 0.2) is 6.61 Å². The van der Waals surface area contributed by atoms with Crippen LogP contribution in [0, 0.1) is 3.57 Å². The van der Waals surface area contributed by atoms with Gasteiger partial charge < -0.3 is 10.1 Å². The smallest absolute Gasteiger partial charge is 0.310 e. The van der Waals surface area contributed by atoms with Gasteiger partial charge in [-0.3, -0.25) is 9.59 Å². The van der Waals surface area contributed by atoms with Gasteiger partial charge in [-0.1, -0.05) is 42.5 Å². The number of amides is 1. The first-order chi connectivity index (χ1) is 12.1. The molecule has 0 fully saturated rings. The molecule has 0 saturated heterocycles. The van der Waals surface area contributed by atoms with Crippen LogP contribution >= 0.6 is 22.6 Å². The van der Waals surface area contributed by atoms with E-state index in [4.69, 9.17) is 4.74 Å². The zero-order valence-electron chi connectivity index (χ0n) is 13.4. The fourth-order valence-corrected chi connectivity index (χ4v) is 2.89. The summed E-state index contributed by atoms with van der Waals surface area (Å²) in [5.41, 5.74) is 1.57. The molecule has 1 N–H and O–H groups in total. The molecule has 0 radical (unpaired) electrons. The summed E-state index contributed by atoms with van der Waals surface area (Å²) in [6, 6.07) is 21.1. The zero-order chi connectivity index (χ0) is 17.6. The predicted molar refractivity (Wildman–Crippen MR) is 106 cm³/mol. The molecule has 0 aromatic heterocycles. The minimum Gasteiger partial charge on any atom is -0.455 e. The Morgan fingerprint density at radius 2 is 1.64 bits per heavy atom. The Hall–Kier alpha value is -2.41. The van der Waals surface area contributed by atoms with Gasteiger partial charge >= 0.3 is 5.97 Å². The third kappa shape index (κ3) is 4.79. The van der Waals surface area contributed by atoms with Crippen molar-refractivity contribution in [1.82, 2.24) is 0 Å². The topological polar surface area (TPSA) is 55.4 Å². The second-order valence-corrected chi connectivity index (χ2v) is 6.78. The second-order valence-electron chi connectivity index (χ2n) is 5.53. The number of hydrogen-bond acceptors (Lipinski definition) is 3. The maximum Gasteiger partial charge on any atom is 0.310 e. The molecule has 3 aromatic rings. The van der Waals surface area contributed by atoms with Crippen LogP contribution in [0.1, 0.15) is 5.56 Å². The molecule has 5 heteroatoms. The highest BCUT2D eigenvalue weighted by Crippen LogP contribution is 2.19. The summed E-state index contributed by atoms with van der Waals surface area (Å²) in [6.45, 7) is -0.296. The maximum absolute atomic E-state index is 12.1. The van der Waals surface area contributed by atoms with E-state index in [2.05, 4.69) is 27.9 Å². The van der Waals surface area contributed by atoms with Crippen LogP contribution in [0.3, 0.4) is 0 Å². The van der Waals surface area contributed by atoms with Gasteiger partial charge in [-0.15, -0.1) is 0 Å². The number of carbonyl (C=O) groups is 2. The molecular formula is C20H16INO3. The number of carbonyl (C=O) groups excluding carboxylic acids is 2. The van der Waals surface area contributed by atoms with Crippen LogP contribution < -0.4 is 5.32 Å². The van der Waals surface area contributed by atoms with Crippen molar-refractivity contribution in [2.75, 3.05) is 11.9 Å². The number of halogens is 1. The molecule has 0 saturated carbocycles. The molecule has 1 amide bonds. The molecule has 4 nitrogen and oxygen atoms in total. The first-order valence-electron chi connectivity index (χ1n) is 7.79. The van der Waals surface area contributed by atoms with Crippen LogP contribution in [-0.2, 0) is 20.7 Å². The number of rotatable bonds is 5. The molecule has 0 aliphatic heterocycles. The van der Waals surface area contributed by atoms with Crippen LogP contribution in [0.15, 0.2) is 66.7 Å². The quantitative estimate of drug-likeness (QED) is 0.474. The summed E-state index contributed by atoms with van der Waals surface area (Å²) in [6.07, 6.45) is 0.137. The molecule has 126 valence electrons. The lowest BCUT2D eigenvalue weighted by atomic mass is 10.0. The van der Waals surface area contributed by atoms with Crippen LogP contribution in [0.5, 0.6) is 0 Å². The summed E-state index contributed by atoms with van der Waals surface area (Å²) in [4.78, 5) is 23.9. The van der Waals surface area contributed by atoms with Crippen LogP contribution in [-0.4, -0.2) is 18.5 Å². The van der Waals surface area contributed by atoms with E-state index in [9.17, 15) is 9.59 Å². The zero-order valence-corrected chi connectivity index (χ0v) is 15.5. The monoisotopic (exact) mass is 445 g/mol. The van der Waals surface area contributed by atoms with Crippen molar-refractivity contribution < 1.29 is 14.3 Å². The van der Waals surface area contributed by atoms with Crippen LogP contribution in [0.25, 0.3) is 10.8 Å². The van der Waals surface area contributed by atoms with Crippen LogP contribution in [0.4, 0.5) is 5.69 Å². The normalized spacial score (nSPS) is 10.4. The van der Waals surface area contributed by atoms with Gasteiger partial charge in [0.1, 0.15) is 0 Å². The maximum atomic E-state index is 12.1. The lowest BCUT2D eigenvalue weighted by Crippen LogP contribution is -2.21. The Balaban J connectivity index is 1.55. The first-order valence-corrected chi connectivity index (χ1v) is 8.87. The van der Waals surface area contributed by atoms with Crippen LogP contribution in [0.2, 0.25) is 0 Å². The molecule has 0 aliphatic rings. The van der Waals surface area contributed by atoms with Gasteiger partial charge in [0.2, 0.25) is 0 Å². The molecule has 0 atom stereocenters. The van der Waals surface area contributed by atoms with E-state index >= 15 is 0 Å². The molecule has 3 rings (SSSR count). The van der Waals surface area contributed by atoms with E-state index in [1.165, 1.54) is 0 Å². The predicted octanol–water partition coefficient (Wildman–Crippen LogP) is 4.17. The fraction of sp³-hybridized carbons (Fsp3) is 0.100. The molecule has 25 heavy (non-hydrogen) atoms. The van der Waals surface area contributed by atoms with Crippen molar-refractivity contribution in [3.05, 3.63) is 75.9 Å². The first kappa shape index (κ1) is 17.4. The van der Waals surface area contributed by atoms with E-state index in [1.807, 2.05) is 54.6 Å². The van der Waals surface area contributed by atoms with Crippen molar-refractivity contribution in [2.45, 2.75) is 6.42 Å². The highest BCUT2D eigenvalue weighted by Gasteiger charge is 2.10. The number of ether oxygens (including phenoxy) is 1. The Morgan fingerprint density at radius 1 is 0.920 bits per heavy atom. The molecule has 0 unspecified atom stereocenters.